The Morgan fingerprint density at radius 3 is 2.69 bits per heavy atom. The molecule has 0 spiro atoms. The van der Waals surface area contributed by atoms with Crippen molar-refractivity contribution in [3.05, 3.63) is 88.0 Å². The minimum Gasteiger partial charge on any atom is -0.370 e. The van der Waals surface area contributed by atoms with E-state index < -0.39 is 25.6 Å². The number of carbonyl (C=O) groups is 1. The summed E-state index contributed by atoms with van der Waals surface area (Å²) < 4.78 is 45.4. The number of halogens is 2. The topological polar surface area (TPSA) is 134 Å². The van der Waals surface area contributed by atoms with Crippen LogP contribution in [-0.2, 0) is 26.9 Å². The summed E-state index contributed by atoms with van der Waals surface area (Å²) in [6.45, 7) is 0.253. The van der Waals surface area contributed by atoms with Crippen LogP contribution in [0.25, 0.3) is 11.2 Å². The number of nitrogens with zero attached hydrogens (tertiary/aromatic N) is 3. The molecule has 0 saturated carbocycles. The molecule has 188 valence electrons. The van der Waals surface area contributed by atoms with Crippen molar-refractivity contribution >= 4 is 31.3 Å². The molecule has 1 atom stereocenters. The molecule has 10 nitrogen and oxygen atoms in total. The Kier molecular flexibility index (Phi) is 8.44. The van der Waals surface area contributed by atoms with Gasteiger partial charge in [-0.1, -0.05) is 12.1 Å². The number of Topliss-reactive ketones (excluding diaryl/α,β-unsaturated/α-hetero) is 1. The molecule has 0 saturated heterocycles. The van der Waals surface area contributed by atoms with Crippen LogP contribution >= 0.6 is 8.38 Å². The summed E-state index contributed by atoms with van der Waals surface area (Å²) in [5.41, 5.74) is 6.54. The zero-order valence-electron chi connectivity index (χ0n) is 18.9. The SMILES string of the molecule is Nc1nc2c(ncn2CCOCP(OCC(=O)c2ccc(F)cc2)OCc2cccc(F)c2)c(=O)[nH]1. The molecule has 3 N–H and O–H groups in total. The number of rotatable bonds is 12. The van der Waals surface area contributed by atoms with Crippen molar-refractivity contribution in [2.24, 2.45) is 0 Å². The number of anilines is 1. The van der Waals surface area contributed by atoms with Crippen LogP contribution in [0.2, 0.25) is 0 Å². The van der Waals surface area contributed by atoms with E-state index in [0.717, 1.165) is 0 Å². The average Bonchev–Trinajstić information content (AvgIpc) is 3.26. The van der Waals surface area contributed by atoms with Gasteiger partial charge in [-0.3, -0.25) is 14.6 Å². The Morgan fingerprint density at radius 1 is 1.11 bits per heavy atom. The van der Waals surface area contributed by atoms with Crippen LogP contribution in [-0.4, -0.2) is 44.9 Å². The van der Waals surface area contributed by atoms with E-state index in [4.69, 9.17) is 19.5 Å². The highest BCUT2D eigenvalue weighted by molar-refractivity contribution is 7.47. The number of nitrogen functional groups attached to an aromatic ring is 1. The van der Waals surface area contributed by atoms with Crippen molar-refractivity contribution in [3.8, 4) is 0 Å². The van der Waals surface area contributed by atoms with Gasteiger partial charge in [0.2, 0.25) is 5.95 Å². The lowest BCUT2D eigenvalue weighted by Gasteiger charge is -2.18. The van der Waals surface area contributed by atoms with Crippen molar-refractivity contribution in [3.63, 3.8) is 0 Å². The number of imidazole rings is 1. The van der Waals surface area contributed by atoms with Crippen LogP contribution in [0.5, 0.6) is 0 Å². The summed E-state index contributed by atoms with van der Waals surface area (Å²) in [5.74, 6) is -1.22. The zero-order valence-corrected chi connectivity index (χ0v) is 19.8. The number of aromatic amines is 1. The number of fused-ring (bicyclic) bond motifs is 1. The number of carbonyl (C=O) groups excluding carboxylic acids is 1. The maximum absolute atomic E-state index is 13.5. The summed E-state index contributed by atoms with van der Waals surface area (Å²) in [6.07, 6.45) is 1.47. The fourth-order valence-electron chi connectivity index (χ4n) is 3.17. The van der Waals surface area contributed by atoms with Crippen LogP contribution in [0.4, 0.5) is 14.7 Å². The maximum Gasteiger partial charge on any atom is 0.280 e. The summed E-state index contributed by atoms with van der Waals surface area (Å²) in [6, 6.07) is 11.0. The number of ketones is 1. The van der Waals surface area contributed by atoms with Gasteiger partial charge >= 0.3 is 0 Å². The standard InChI is InChI=1S/C23H22F2N5O5P/c24-17-6-4-16(5-7-17)19(31)12-35-36(34-11-15-2-1-3-18(25)10-15)14-33-9-8-30-13-27-20-21(30)28-23(26)29-22(20)32/h1-7,10,13H,8-9,11-12,14H2,(H3,26,28,29,32). The third kappa shape index (κ3) is 6.76. The first-order valence-electron chi connectivity index (χ1n) is 10.7. The van der Waals surface area contributed by atoms with Gasteiger partial charge in [-0.15, -0.1) is 0 Å². The molecular weight excluding hydrogens is 495 g/mol. The highest BCUT2D eigenvalue weighted by Crippen LogP contribution is 2.39. The van der Waals surface area contributed by atoms with Gasteiger partial charge in [0, 0.05) is 12.1 Å². The lowest BCUT2D eigenvalue weighted by molar-refractivity contribution is 0.0896. The quantitative estimate of drug-likeness (QED) is 0.166. The second-order valence-electron chi connectivity index (χ2n) is 7.54. The predicted octanol–water partition coefficient (Wildman–Crippen LogP) is 3.38. The molecule has 0 amide bonds. The molecule has 0 fully saturated rings. The van der Waals surface area contributed by atoms with Gasteiger partial charge in [-0.25, -0.2) is 13.8 Å². The number of nitrogens with one attached hydrogen (secondary N) is 1. The second kappa shape index (κ2) is 11.9. The molecule has 4 rings (SSSR count). The number of hydrogen-bond donors (Lipinski definition) is 2. The molecule has 0 aliphatic rings. The number of hydrogen-bond acceptors (Lipinski definition) is 8. The molecule has 13 heteroatoms. The van der Waals surface area contributed by atoms with E-state index in [0.29, 0.717) is 23.3 Å². The fraction of sp³-hybridized carbons (Fsp3) is 0.217. The largest absolute Gasteiger partial charge is 0.370 e. The first-order chi connectivity index (χ1) is 17.4. The van der Waals surface area contributed by atoms with Crippen LogP contribution in [0.1, 0.15) is 15.9 Å². The third-order valence-electron chi connectivity index (χ3n) is 4.94. The second-order valence-corrected chi connectivity index (χ2v) is 8.98. The molecule has 0 aliphatic carbocycles. The monoisotopic (exact) mass is 517 g/mol. The number of H-pyrrole nitrogens is 1. The van der Waals surface area contributed by atoms with E-state index >= 15 is 0 Å². The first kappa shape index (κ1) is 25.5. The van der Waals surface area contributed by atoms with Crippen LogP contribution in [0.15, 0.2) is 59.7 Å². The molecule has 36 heavy (non-hydrogen) atoms. The van der Waals surface area contributed by atoms with Gasteiger partial charge in [0.25, 0.3) is 5.56 Å². The van der Waals surface area contributed by atoms with Gasteiger partial charge in [0.05, 0.1) is 19.5 Å². The summed E-state index contributed by atoms with van der Waals surface area (Å²) in [4.78, 5) is 34.8. The van der Waals surface area contributed by atoms with Crippen molar-refractivity contribution < 1.29 is 27.4 Å². The Hall–Kier alpha value is -3.57. The summed E-state index contributed by atoms with van der Waals surface area (Å²) >= 11 is 0. The third-order valence-corrected chi connectivity index (χ3v) is 6.16. The summed E-state index contributed by atoms with van der Waals surface area (Å²) in [7, 11) is -1.69. The molecule has 2 aromatic heterocycles. The molecule has 2 heterocycles. The molecule has 0 radical (unpaired) electrons. The van der Waals surface area contributed by atoms with E-state index in [1.54, 1.807) is 16.7 Å². The fourth-order valence-corrected chi connectivity index (χ4v) is 4.23. The molecule has 1 unspecified atom stereocenters. The van der Waals surface area contributed by atoms with Crippen LogP contribution in [0, 0.1) is 11.6 Å². The van der Waals surface area contributed by atoms with Crippen LogP contribution < -0.4 is 11.3 Å². The van der Waals surface area contributed by atoms with E-state index in [2.05, 4.69) is 15.0 Å². The summed E-state index contributed by atoms with van der Waals surface area (Å²) in [5, 5.41) is 0. The minimum absolute atomic E-state index is 0.0180. The van der Waals surface area contributed by atoms with E-state index in [-0.39, 0.29) is 43.4 Å². The molecular formula is C23H22F2N5O5P. The number of aromatic nitrogens is 4. The molecule has 0 bridgehead atoms. The smallest absolute Gasteiger partial charge is 0.280 e. The van der Waals surface area contributed by atoms with Gasteiger partial charge in [0.1, 0.15) is 24.6 Å². The van der Waals surface area contributed by atoms with Crippen LogP contribution in [0.3, 0.4) is 0 Å². The Bertz CT molecular complexity index is 1400. The average molecular weight is 517 g/mol. The van der Waals surface area contributed by atoms with E-state index in [1.807, 2.05) is 0 Å². The zero-order chi connectivity index (χ0) is 25.5. The van der Waals surface area contributed by atoms with Gasteiger partial charge in [-0.05, 0) is 42.0 Å². The van der Waals surface area contributed by atoms with Gasteiger partial charge in [-0.2, -0.15) is 4.98 Å². The predicted molar refractivity (Wildman–Crippen MR) is 128 cm³/mol. The number of nitrogens with two attached hydrogens (primary N) is 1. The molecule has 0 aliphatic heterocycles. The van der Waals surface area contributed by atoms with E-state index in [9.17, 15) is 18.4 Å². The Morgan fingerprint density at radius 2 is 1.92 bits per heavy atom. The van der Waals surface area contributed by atoms with Crippen molar-refractivity contribution in [2.45, 2.75) is 13.2 Å². The number of benzene rings is 2. The van der Waals surface area contributed by atoms with Gasteiger partial charge in [0.15, 0.2) is 25.3 Å². The highest BCUT2D eigenvalue weighted by atomic mass is 31.2. The number of ether oxygens (including phenoxy) is 1. The minimum atomic E-state index is -1.69. The normalized spacial score (nSPS) is 12.2. The Balaban J connectivity index is 1.34. The van der Waals surface area contributed by atoms with Gasteiger partial charge < -0.3 is 24.1 Å². The molecule has 2 aromatic carbocycles. The van der Waals surface area contributed by atoms with Crippen molar-refractivity contribution in [1.82, 2.24) is 19.5 Å². The van der Waals surface area contributed by atoms with E-state index in [1.165, 1.54) is 42.7 Å². The lowest BCUT2D eigenvalue weighted by Crippen LogP contribution is -2.13. The first-order valence-corrected chi connectivity index (χ1v) is 12.1. The lowest BCUT2D eigenvalue weighted by atomic mass is 10.1. The molecule has 4 aromatic rings. The van der Waals surface area contributed by atoms with Crippen molar-refractivity contribution in [2.75, 3.05) is 25.3 Å². The Labute approximate surface area is 205 Å². The van der Waals surface area contributed by atoms with Crippen molar-refractivity contribution in [1.29, 1.82) is 0 Å². The maximum atomic E-state index is 13.5. The highest BCUT2D eigenvalue weighted by Gasteiger charge is 2.16.